The Labute approximate surface area is 400 Å². The Morgan fingerprint density at radius 3 is 1.46 bits per heavy atom. The number of ether oxygens (including phenoxy) is 6. The molecule has 0 aromatic carbocycles. The van der Waals surface area contributed by atoms with Crippen molar-refractivity contribution >= 4 is 11.9 Å². The molecule has 2 aliphatic heterocycles. The first-order chi connectivity index (χ1) is 32.5. The summed E-state index contributed by atoms with van der Waals surface area (Å²) in [5.74, 6) is -0.994. The second kappa shape index (κ2) is 39.0. The minimum atomic E-state index is -1.78. The molecule has 2 aliphatic rings. The predicted octanol–water partition coefficient (Wildman–Crippen LogP) is 6.88. The average Bonchev–Trinajstić information content (AvgIpc) is 3.32. The molecule has 0 amide bonds. The summed E-state index contributed by atoms with van der Waals surface area (Å²) in [6.07, 6.45) is 26.8. The van der Waals surface area contributed by atoms with Gasteiger partial charge in [0.25, 0.3) is 0 Å². The number of carbonyl (C=O) groups is 2. The van der Waals surface area contributed by atoms with E-state index >= 15 is 0 Å². The summed E-state index contributed by atoms with van der Waals surface area (Å²) in [6.45, 7) is 2.41. The zero-order chi connectivity index (χ0) is 48.9. The second-order valence-electron chi connectivity index (χ2n) is 17.6. The molecule has 11 atom stereocenters. The molecular weight excluding hydrogens is 865 g/mol. The van der Waals surface area contributed by atoms with Crippen LogP contribution < -0.4 is 0 Å². The lowest BCUT2D eigenvalue weighted by molar-refractivity contribution is -0.332. The van der Waals surface area contributed by atoms with Crippen LogP contribution >= 0.6 is 0 Å². The molecule has 4 unspecified atom stereocenters. The average molecular weight is 953 g/mol. The molecule has 2 fully saturated rings. The van der Waals surface area contributed by atoms with Gasteiger partial charge in [0.15, 0.2) is 18.7 Å². The summed E-state index contributed by atoms with van der Waals surface area (Å²) in [7, 11) is 0. The SMILES string of the molecule is CC/C=C/C/C=C/C/C=C/C/C=C/C/C=C/CCCC(=O)O[C@H](COC(=O)CCCCCCCCCCCCCCCC)CO[C@H]1O[C@@H](CO[C@H]2O[C@@H](CO)[C@@H](O)C(O)C2O)[C@@H](O)C(O)C1O. The molecule has 0 spiro atoms. The molecule has 15 heteroatoms. The van der Waals surface area contributed by atoms with Gasteiger partial charge in [-0.15, -0.1) is 0 Å². The van der Waals surface area contributed by atoms with Crippen LogP contribution in [0.1, 0.15) is 162 Å². The van der Waals surface area contributed by atoms with E-state index in [4.69, 9.17) is 28.4 Å². The number of allylic oxidation sites excluding steroid dienone is 10. The van der Waals surface area contributed by atoms with Crippen LogP contribution in [-0.2, 0) is 38.0 Å². The van der Waals surface area contributed by atoms with Gasteiger partial charge in [0.2, 0.25) is 0 Å². The molecule has 0 aliphatic carbocycles. The first-order valence-corrected chi connectivity index (χ1v) is 25.4. The minimum absolute atomic E-state index is 0.0859. The quantitative estimate of drug-likeness (QED) is 0.0190. The van der Waals surface area contributed by atoms with Gasteiger partial charge in [-0.3, -0.25) is 9.59 Å². The summed E-state index contributed by atoms with van der Waals surface area (Å²) in [6, 6.07) is 0. The molecule has 15 nitrogen and oxygen atoms in total. The number of carbonyl (C=O) groups excluding carboxylic acids is 2. The van der Waals surface area contributed by atoms with Crippen molar-refractivity contribution in [1.82, 2.24) is 0 Å². The number of unbranched alkanes of at least 4 members (excludes halogenated alkanes) is 14. The molecule has 0 bridgehead atoms. The number of hydrogen-bond donors (Lipinski definition) is 7. The summed E-state index contributed by atoms with van der Waals surface area (Å²) in [5.41, 5.74) is 0. The van der Waals surface area contributed by atoms with Crippen molar-refractivity contribution in [2.45, 2.75) is 229 Å². The van der Waals surface area contributed by atoms with E-state index in [-0.39, 0.29) is 19.4 Å². The van der Waals surface area contributed by atoms with Gasteiger partial charge in [-0.2, -0.15) is 0 Å². The highest BCUT2D eigenvalue weighted by Gasteiger charge is 2.47. The topological polar surface area (TPSA) is 231 Å². The van der Waals surface area contributed by atoms with Crippen molar-refractivity contribution in [3.63, 3.8) is 0 Å². The Morgan fingerprint density at radius 1 is 0.493 bits per heavy atom. The van der Waals surface area contributed by atoms with Crippen molar-refractivity contribution < 1.29 is 73.8 Å². The normalized spacial score (nSPS) is 26.5. The van der Waals surface area contributed by atoms with Crippen LogP contribution in [0, 0.1) is 0 Å². The maximum atomic E-state index is 13.0. The van der Waals surface area contributed by atoms with Crippen LogP contribution in [0.5, 0.6) is 0 Å². The van der Waals surface area contributed by atoms with E-state index < -0.39 is 99.3 Å². The summed E-state index contributed by atoms with van der Waals surface area (Å²) >= 11 is 0. The first-order valence-electron chi connectivity index (χ1n) is 25.4. The lowest BCUT2D eigenvalue weighted by atomic mass is 9.98. The van der Waals surface area contributed by atoms with Gasteiger partial charge in [-0.05, 0) is 51.4 Å². The van der Waals surface area contributed by atoms with E-state index in [0.717, 1.165) is 51.4 Å². The van der Waals surface area contributed by atoms with Crippen molar-refractivity contribution in [3.05, 3.63) is 60.8 Å². The van der Waals surface area contributed by atoms with Crippen molar-refractivity contribution in [1.29, 1.82) is 0 Å². The molecule has 2 saturated heterocycles. The Morgan fingerprint density at radius 2 is 0.940 bits per heavy atom. The predicted molar refractivity (Wildman–Crippen MR) is 256 cm³/mol. The molecule has 67 heavy (non-hydrogen) atoms. The minimum Gasteiger partial charge on any atom is -0.462 e. The van der Waals surface area contributed by atoms with Crippen LogP contribution in [-0.4, -0.2) is 142 Å². The zero-order valence-electron chi connectivity index (χ0n) is 40.6. The molecule has 0 aromatic heterocycles. The lowest BCUT2D eigenvalue weighted by Gasteiger charge is -2.42. The molecule has 2 heterocycles. The molecule has 386 valence electrons. The Kier molecular flexibility index (Phi) is 35.1. The van der Waals surface area contributed by atoms with Crippen LogP contribution in [0.3, 0.4) is 0 Å². The van der Waals surface area contributed by atoms with Crippen molar-refractivity contribution in [2.24, 2.45) is 0 Å². The van der Waals surface area contributed by atoms with Crippen LogP contribution in [0.15, 0.2) is 60.8 Å². The molecule has 0 radical (unpaired) electrons. The second-order valence-corrected chi connectivity index (χ2v) is 17.6. The highest BCUT2D eigenvalue weighted by Crippen LogP contribution is 2.26. The van der Waals surface area contributed by atoms with E-state index in [9.17, 15) is 45.3 Å². The van der Waals surface area contributed by atoms with Crippen LogP contribution in [0.25, 0.3) is 0 Å². The maximum Gasteiger partial charge on any atom is 0.306 e. The van der Waals surface area contributed by atoms with Gasteiger partial charge in [0.1, 0.15) is 55.4 Å². The number of esters is 2. The lowest BCUT2D eigenvalue weighted by Crippen LogP contribution is -2.61. The standard InChI is InChI=1S/C52H88O15/c1-3-5-7-9-11-13-15-17-19-20-21-23-25-27-29-31-33-35-44(55)65-40(37-62-43(54)34-32-30-28-26-24-22-18-16-14-12-10-8-6-4-2)38-63-51-50(61)48(59)46(57)42(67-51)39-64-52-49(60)47(58)45(56)41(36-53)66-52/h5,7,11,13,17,19,21,23,27,29,40-42,45-53,56-61H,3-4,6,8-10,12,14-16,18,20,22,24-26,28,30-39H2,1-2H3/b7-5+,13-11+,19-17+,23-21+,29-27+/t40-,41+,42+,45-,46-,47?,48?,49?,50?,51+,52+/m1/s1. The fraction of sp³-hybridized carbons (Fsp3) is 0.769. The third-order valence-corrected chi connectivity index (χ3v) is 11.8. The summed E-state index contributed by atoms with van der Waals surface area (Å²) in [4.78, 5) is 25.7. The molecule has 0 aromatic rings. The van der Waals surface area contributed by atoms with Crippen molar-refractivity contribution in [3.8, 4) is 0 Å². The van der Waals surface area contributed by atoms with Crippen molar-refractivity contribution in [2.75, 3.05) is 26.4 Å². The van der Waals surface area contributed by atoms with E-state index in [1.54, 1.807) is 0 Å². The van der Waals surface area contributed by atoms with E-state index in [2.05, 4.69) is 62.5 Å². The van der Waals surface area contributed by atoms with Gasteiger partial charge >= 0.3 is 11.9 Å². The van der Waals surface area contributed by atoms with Gasteiger partial charge in [-0.25, -0.2) is 0 Å². The third kappa shape index (κ3) is 27.3. The largest absolute Gasteiger partial charge is 0.462 e. The van der Waals surface area contributed by atoms with Crippen LogP contribution in [0.4, 0.5) is 0 Å². The number of rotatable bonds is 38. The monoisotopic (exact) mass is 953 g/mol. The Hall–Kier alpha value is -2.80. The van der Waals surface area contributed by atoms with E-state index in [1.807, 2.05) is 12.2 Å². The fourth-order valence-corrected chi connectivity index (χ4v) is 7.60. The smallest absolute Gasteiger partial charge is 0.306 e. The fourth-order valence-electron chi connectivity index (χ4n) is 7.60. The van der Waals surface area contributed by atoms with Crippen LogP contribution in [0.2, 0.25) is 0 Å². The maximum absolute atomic E-state index is 13.0. The summed E-state index contributed by atoms with van der Waals surface area (Å²) < 4.78 is 33.5. The Bertz CT molecular complexity index is 1400. The van der Waals surface area contributed by atoms with Gasteiger partial charge in [0.05, 0.1) is 19.8 Å². The Balaban J connectivity index is 1.85. The van der Waals surface area contributed by atoms with E-state index in [0.29, 0.717) is 19.3 Å². The van der Waals surface area contributed by atoms with E-state index in [1.165, 1.54) is 64.2 Å². The number of aliphatic hydroxyl groups excluding tert-OH is 7. The molecule has 0 saturated carbocycles. The summed E-state index contributed by atoms with van der Waals surface area (Å²) in [5, 5.41) is 72.0. The zero-order valence-corrected chi connectivity index (χ0v) is 40.6. The third-order valence-electron chi connectivity index (χ3n) is 11.8. The molecule has 2 rings (SSSR count). The highest BCUT2D eigenvalue weighted by molar-refractivity contribution is 5.70. The number of hydrogen-bond acceptors (Lipinski definition) is 15. The highest BCUT2D eigenvalue weighted by atomic mass is 16.7. The molecular formula is C52H88O15. The number of aliphatic hydroxyl groups is 7. The molecule has 7 N–H and O–H groups in total. The van der Waals surface area contributed by atoms with Gasteiger partial charge in [0, 0.05) is 12.8 Å². The van der Waals surface area contributed by atoms with Gasteiger partial charge in [-0.1, -0.05) is 158 Å². The van der Waals surface area contributed by atoms with Gasteiger partial charge < -0.3 is 64.2 Å². The first kappa shape index (κ1) is 60.3.